The molecule has 1 unspecified atom stereocenters. The number of anilines is 2. The summed E-state index contributed by atoms with van der Waals surface area (Å²) in [5.41, 5.74) is 2.73. The number of rotatable bonds is 4. The quantitative estimate of drug-likeness (QED) is 0.918. The highest BCUT2D eigenvalue weighted by molar-refractivity contribution is 6.31. The number of aliphatic hydroxyl groups is 1. The Balaban J connectivity index is 2.28. The smallest absolute Gasteiger partial charge is 0.119 e. The molecule has 2 aromatic carbocycles. The van der Waals surface area contributed by atoms with Gasteiger partial charge >= 0.3 is 0 Å². The van der Waals surface area contributed by atoms with Gasteiger partial charge in [0.15, 0.2) is 0 Å². The third kappa shape index (κ3) is 3.06. The fourth-order valence-electron chi connectivity index (χ4n) is 2.02. The molecule has 0 saturated heterocycles. The second kappa shape index (κ2) is 6.16. The number of aliphatic hydroxyl groups excluding tert-OH is 1. The van der Waals surface area contributed by atoms with Crippen LogP contribution in [0, 0.1) is 0 Å². The lowest BCUT2D eigenvalue weighted by molar-refractivity contribution is 0.199. The summed E-state index contributed by atoms with van der Waals surface area (Å²) in [5, 5.41) is 10.2. The maximum atomic E-state index is 9.60. The minimum absolute atomic E-state index is 0.567. The molecule has 3 nitrogen and oxygen atoms in total. The van der Waals surface area contributed by atoms with Crippen LogP contribution in [0.5, 0.6) is 5.75 Å². The standard InChI is InChI=1S/C16H18ClNO2/c1-11(19)15-9-6-13(10-16(15)17)18(2)12-4-7-14(20-3)8-5-12/h4-11,19H,1-3H3. The maximum absolute atomic E-state index is 9.60. The Hall–Kier alpha value is -1.71. The molecule has 0 bridgehead atoms. The second-order valence-corrected chi connectivity index (χ2v) is 5.05. The van der Waals surface area contributed by atoms with E-state index in [0.717, 1.165) is 22.7 Å². The molecular weight excluding hydrogens is 274 g/mol. The van der Waals surface area contributed by atoms with Gasteiger partial charge in [-0.1, -0.05) is 17.7 Å². The molecule has 4 heteroatoms. The summed E-state index contributed by atoms with van der Waals surface area (Å²) in [6.45, 7) is 1.70. The number of halogens is 1. The average Bonchev–Trinajstić information content (AvgIpc) is 2.46. The first-order chi connectivity index (χ1) is 9.52. The minimum atomic E-state index is -0.567. The van der Waals surface area contributed by atoms with Crippen LogP contribution < -0.4 is 9.64 Å². The molecule has 20 heavy (non-hydrogen) atoms. The number of benzene rings is 2. The van der Waals surface area contributed by atoms with E-state index in [1.807, 2.05) is 54.4 Å². The molecular formula is C16H18ClNO2. The van der Waals surface area contributed by atoms with Crippen LogP contribution in [0.1, 0.15) is 18.6 Å². The van der Waals surface area contributed by atoms with Gasteiger partial charge in [0.2, 0.25) is 0 Å². The Labute approximate surface area is 124 Å². The highest BCUT2D eigenvalue weighted by Crippen LogP contribution is 2.31. The van der Waals surface area contributed by atoms with Crippen molar-refractivity contribution in [3.8, 4) is 5.75 Å². The molecule has 0 aliphatic rings. The van der Waals surface area contributed by atoms with Crippen molar-refractivity contribution in [2.75, 3.05) is 19.1 Å². The molecule has 0 amide bonds. The van der Waals surface area contributed by atoms with Crippen molar-refractivity contribution in [3.63, 3.8) is 0 Å². The summed E-state index contributed by atoms with van der Waals surface area (Å²) in [6.07, 6.45) is -0.567. The third-order valence-electron chi connectivity index (χ3n) is 3.28. The molecule has 0 heterocycles. The van der Waals surface area contributed by atoms with Crippen LogP contribution in [0.15, 0.2) is 42.5 Å². The van der Waals surface area contributed by atoms with E-state index in [1.165, 1.54) is 0 Å². The van der Waals surface area contributed by atoms with E-state index in [0.29, 0.717) is 5.02 Å². The van der Waals surface area contributed by atoms with Crippen LogP contribution in [0.25, 0.3) is 0 Å². The van der Waals surface area contributed by atoms with E-state index < -0.39 is 6.10 Å². The number of ether oxygens (including phenoxy) is 1. The molecule has 2 aromatic rings. The lowest BCUT2D eigenvalue weighted by Gasteiger charge is -2.21. The zero-order valence-electron chi connectivity index (χ0n) is 11.8. The van der Waals surface area contributed by atoms with Gasteiger partial charge in [0.1, 0.15) is 5.75 Å². The lowest BCUT2D eigenvalue weighted by atomic mass is 10.1. The van der Waals surface area contributed by atoms with Crippen LogP contribution in [-0.2, 0) is 0 Å². The summed E-state index contributed by atoms with van der Waals surface area (Å²) >= 11 is 6.20. The van der Waals surface area contributed by atoms with Crippen molar-refractivity contribution in [2.45, 2.75) is 13.0 Å². The Bertz CT molecular complexity index is 582. The minimum Gasteiger partial charge on any atom is -0.497 e. The van der Waals surface area contributed by atoms with Gasteiger partial charge < -0.3 is 14.7 Å². The van der Waals surface area contributed by atoms with E-state index in [2.05, 4.69) is 0 Å². The maximum Gasteiger partial charge on any atom is 0.119 e. The van der Waals surface area contributed by atoms with Gasteiger partial charge in [0.25, 0.3) is 0 Å². The van der Waals surface area contributed by atoms with E-state index >= 15 is 0 Å². The number of hydrogen-bond donors (Lipinski definition) is 1. The van der Waals surface area contributed by atoms with E-state index in [4.69, 9.17) is 16.3 Å². The summed E-state index contributed by atoms with van der Waals surface area (Å²) in [5.74, 6) is 0.824. The second-order valence-electron chi connectivity index (χ2n) is 4.64. The average molecular weight is 292 g/mol. The van der Waals surface area contributed by atoms with Crippen LogP contribution in [0.2, 0.25) is 5.02 Å². The van der Waals surface area contributed by atoms with Crippen molar-refractivity contribution < 1.29 is 9.84 Å². The third-order valence-corrected chi connectivity index (χ3v) is 3.61. The van der Waals surface area contributed by atoms with Crippen molar-refractivity contribution >= 4 is 23.0 Å². The van der Waals surface area contributed by atoms with Gasteiger partial charge in [-0.15, -0.1) is 0 Å². The van der Waals surface area contributed by atoms with Crippen LogP contribution in [-0.4, -0.2) is 19.3 Å². The monoisotopic (exact) mass is 291 g/mol. The van der Waals surface area contributed by atoms with E-state index in [9.17, 15) is 5.11 Å². The largest absolute Gasteiger partial charge is 0.497 e. The first-order valence-electron chi connectivity index (χ1n) is 6.38. The van der Waals surface area contributed by atoms with Crippen molar-refractivity contribution in [2.24, 2.45) is 0 Å². The zero-order chi connectivity index (χ0) is 14.7. The highest BCUT2D eigenvalue weighted by Gasteiger charge is 2.10. The zero-order valence-corrected chi connectivity index (χ0v) is 12.6. The van der Waals surface area contributed by atoms with E-state index in [1.54, 1.807) is 14.0 Å². The topological polar surface area (TPSA) is 32.7 Å². The summed E-state index contributed by atoms with van der Waals surface area (Å²) < 4.78 is 5.15. The van der Waals surface area contributed by atoms with E-state index in [-0.39, 0.29) is 0 Å². The van der Waals surface area contributed by atoms with Crippen molar-refractivity contribution in [1.82, 2.24) is 0 Å². The fourth-order valence-corrected chi connectivity index (χ4v) is 2.35. The van der Waals surface area contributed by atoms with Gasteiger partial charge in [0, 0.05) is 23.4 Å². The molecule has 0 saturated carbocycles. The Morgan fingerprint density at radius 2 is 1.70 bits per heavy atom. The van der Waals surface area contributed by atoms with Gasteiger partial charge in [-0.2, -0.15) is 0 Å². The first kappa shape index (κ1) is 14.7. The molecule has 0 spiro atoms. The summed E-state index contributed by atoms with van der Waals surface area (Å²) in [7, 11) is 3.61. The molecule has 2 rings (SSSR count). The van der Waals surface area contributed by atoms with Crippen molar-refractivity contribution in [3.05, 3.63) is 53.1 Å². The molecule has 0 fully saturated rings. The fraction of sp³-hybridized carbons (Fsp3) is 0.250. The first-order valence-corrected chi connectivity index (χ1v) is 6.76. The summed E-state index contributed by atoms with van der Waals surface area (Å²) in [4.78, 5) is 2.02. The molecule has 1 atom stereocenters. The van der Waals surface area contributed by atoms with Gasteiger partial charge in [-0.25, -0.2) is 0 Å². The number of hydrogen-bond acceptors (Lipinski definition) is 3. The van der Waals surface area contributed by atoms with Crippen LogP contribution in [0.3, 0.4) is 0 Å². The van der Waals surface area contributed by atoms with Gasteiger partial charge in [-0.05, 0) is 48.9 Å². The predicted octanol–water partition coefficient (Wildman–Crippen LogP) is 4.17. The van der Waals surface area contributed by atoms with Crippen molar-refractivity contribution in [1.29, 1.82) is 0 Å². The molecule has 0 radical (unpaired) electrons. The van der Waals surface area contributed by atoms with Crippen LogP contribution >= 0.6 is 11.6 Å². The Morgan fingerprint density at radius 3 is 2.20 bits per heavy atom. The highest BCUT2D eigenvalue weighted by atomic mass is 35.5. The number of nitrogens with zero attached hydrogens (tertiary/aromatic N) is 1. The van der Waals surface area contributed by atoms with Gasteiger partial charge in [0.05, 0.1) is 13.2 Å². The predicted molar refractivity (Wildman–Crippen MR) is 83.1 cm³/mol. The normalized spacial score (nSPS) is 12.1. The number of methoxy groups -OCH3 is 1. The molecule has 106 valence electrons. The molecule has 0 aromatic heterocycles. The summed E-state index contributed by atoms with van der Waals surface area (Å²) in [6, 6.07) is 13.4. The molecule has 1 N–H and O–H groups in total. The lowest BCUT2D eigenvalue weighted by Crippen LogP contribution is -2.09. The molecule has 0 aliphatic carbocycles. The van der Waals surface area contributed by atoms with Gasteiger partial charge in [-0.3, -0.25) is 0 Å². The Morgan fingerprint density at radius 1 is 1.10 bits per heavy atom. The van der Waals surface area contributed by atoms with Crippen LogP contribution in [0.4, 0.5) is 11.4 Å². The SMILES string of the molecule is COc1ccc(N(C)c2ccc(C(C)O)c(Cl)c2)cc1. The molecule has 0 aliphatic heterocycles. The Kier molecular flexibility index (Phi) is 4.53.